The maximum Gasteiger partial charge on any atom is 0.0890 e. The van der Waals surface area contributed by atoms with E-state index in [2.05, 4.69) is 20.8 Å². The van der Waals surface area contributed by atoms with Crippen LogP contribution in [0.4, 0.5) is 0 Å². The van der Waals surface area contributed by atoms with E-state index in [0.717, 1.165) is 6.04 Å². The Balaban J connectivity index is 0.00000361. The molecule has 0 amide bonds. The molecule has 0 saturated heterocycles. The van der Waals surface area contributed by atoms with Crippen LogP contribution in [0.15, 0.2) is 0 Å². The van der Waals surface area contributed by atoms with Crippen molar-refractivity contribution < 1.29 is 9.96 Å². The van der Waals surface area contributed by atoms with Gasteiger partial charge in [0.25, 0.3) is 0 Å². The Bertz CT molecular complexity index is 190. The van der Waals surface area contributed by atoms with Crippen LogP contribution >= 0.6 is 0 Å². The molecular weight excluding hydrogens is 246 g/mol. The lowest BCUT2D eigenvalue weighted by molar-refractivity contribution is -0.953. The zero-order valence-corrected chi connectivity index (χ0v) is 14.4. The van der Waals surface area contributed by atoms with Crippen LogP contribution in [0.3, 0.4) is 0 Å². The topological polar surface area (TPSA) is 30.0 Å². The Labute approximate surface area is 127 Å². The molecule has 1 rings (SSSR count). The van der Waals surface area contributed by atoms with Crippen LogP contribution in [0.5, 0.6) is 0 Å². The zero-order chi connectivity index (χ0) is 14.0. The summed E-state index contributed by atoms with van der Waals surface area (Å²) < 4.78 is 1.48. The lowest BCUT2D eigenvalue weighted by atomic mass is 9.91. The van der Waals surface area contributed by atoms with Gasteiger partial charge in [0, 0.05) is 0 Å². The number of nitrogens with zero attached hydrogens (tertiary/aromatic N) is 1. The summed E-state index contributed by atoms with van der Waals surface area (Å²) >= 11 is 0. The standard InChI is InChI=1S/C18H38N.H2O/c1-4-7-15-19(16-8-5-2,17-9-6-3)18-13-11-10-12-14-18;/h18H,4-17H2,1-3H3;1H2/q+1;/p-1. The molecule has 0 atom stereocenters. The zero-order valence-electron chi connectivity index (χ0n) is 14.4. The quantitative estimate of drug-likeness (QED) is 0.497. The predicted molar refractivity (Wildman–Crippen MR) is 88.4 cm³/mol. The van der Waals surface area contributed by atoms with Gasteiger partial charge < -0.3 is 9.96 Å². The lowest BCUT2D eigenvalue weighted by Crippen LogP contribution is -2.57. The van der Waals surface area contributed by atoms with Crippen LogP contribution in [0, 0.1) is 0 Å². The van der Waals surface area contributed by atoms with E-state index in [1.807, 2.05) is 0 Å². The normalized spacial score (nSPS) is 16.9. The summed E-state index contributed by atoms with van der Waals surface area (Å²) in [4.78, 5) is 0. The second-order valence-corrected chi connectivity index (χ2v) is 6.74. The summed E-state index contributed by atoms with van der Waals surface area (Å²) in [5.74, 6) is 0. The first-order valence-electron chi connectivity index (χ1n) is 9.14. The lowest BCUT2D eigenvalue weighted by Gasteiger charge is -2.47. The van der Waals surface area contributed by atoms with Gasteiger partial charge in [-0.15, -0.1) is 0 Å². The van der Waals surface area contributed by atoms with Crippen molar-refractivity contribution >= 4 is 0 Å². The largest absolute Gasteiger partial charge is 0.870 e. The van der Waals surface area contributed by atoms with Gasteiger partial charge in [0.1, 0.15) is 0 Å². The summed E-state index contributed by atoms with van der Waals surface area (Å²) in [6, 6.07) is 0.999. The van der Waals surface area contributed by atoms with Crippen molar-refractivity contribution in [1.82, 2.24) is 0 Å². The first-order chi connectivity index (χ1) is 9.29. The van der Waals surface area contributed by atoms with E-state index in [0.29, 0.717) is 0 Å². The number of quaternary nitrogens is 1. The average molecular weight is 286 g/mol. The highest BCUT2D eigenvalue weighted by Gasteiger charge is 2.35. The Kier molecular flexibility index (Phi) is 11.5. The van der Waals surface area contributed by atoms with Gasteiger partial charge in [0.2, 0.25) is 0 Å². The molecule has 1 saturated carbocycles. The van der Waals surface area contributed by atoms with Gasteiger partial charge in [0.05, 0.1) is 25.7 Å². The molecule has 0 aromatic carbocycles. The van der Waals surface area contributed by atoms with Crippen molar-refractivity contribution in [3.8, 4) is 0 Å². The van der Waals surface area contributed by atoms with E-state index in [-0.39, 0.29) is 5.48 Å². The first-order valence-corrected chi connectivity index (χ1v) is 9.14. The summed E-state index contributed by atoms with van der Waals surface area (Å²) in [6.45, 7) is 11.4. The third kappa shape index (κ3) is 6.13. The van der Waals surface area contributed by atoms with Crippen molar-refractivity contribution in [3.05, 3.63) is 0 Å². The van der Waals surface area contributed by atoms with E-state index >= 15 is 0 Å². The SMILES string of the molecule is CCCC[N+](CCCC)(CCCC)C1CCCCC1.[OH-]. The molecule has 0 radical (unpaired) electrons. The fourth-order valence-corrected chi connectivity index (χ4v) is 3.93. The van der Waals surface area contributed by atoms with Gasteiger partial charge in [-0.1, -0.05) is 46.5 Å². The smallest absolute Gasteiger partial charge is 0.0890 e. The van der Waals surface area contributed by atoms with Crippen LogP contribution in [-0.4, -0.2) is 35.6 Å². The Hall–Kier alpha value is -0.0800. The van der Waals surface area contributed by atoms with Crippen LogP contribution < -0.4 is 0 Å². The Morgan fingerprint density at radius 2 is 1.10 bits per heavy atom. The first kappa shape index (κ1) is 19.9. The van der Waals surface area contributed by atoms with Crippen molar-refractivity contribution in [3.63, 3.8) is 0 Å². The van der Waals surface area contributed by atoms with Crippen LogP contribution in [0.1, 0.15) is 91.4 Å². The number of rotatable bonds is 10. The van der Waals surface area contributed by atoms with Crippen LogP contribution in [0.25, 0.3) is 0 Å². The van der Waals surface area contributed by atoms with Crippen LogP contribution in [0.2, 0.25) is 0 Å². The molecule has 2 nitrogen and oxygen atoms in total. The second kappa shape index (κ2) is 11.6. The fraction of sp³-hybridized carbons (Fsp3) is 1.00. The summed E-state index contributed by atoms with van der Waals surface area (Å²) in [6.07, 6.45) is 15.9. The molecule has 122 valence electrons. The van der Waals surface area contributed by atoms with Crippen molar-refractivity contribution in [2.24, 2.45) is 0 Å². The van der Waals surface area contributed by atoms with Gasteiger partial charge in [-0.3, -0.25) is 0 Å². The molecule has 0 aromatic rings. The van der Waals surface area contributed by atoms with Crippen molar-refractivity contribution in [2.75, 3.05) is 19.6 Å². The molecule has 0 aliphatic heterocycles. The molecule has 1 N–H and O–H groups in total. The molecule has 0 unspecified atom stereocenters. The maximum absolute atomic E-state index is 2.36. The summed E-state index contributed by atoms with van der Waals surface area (Å²) in [7, 11) is 0. The minimum Gasteiger partial charge on any atom is -0.870 e. The maximum atomic E-state index is 2.36. The number of hydrogen-bond donors (Lipinski definition) is 0. The highest BCUT2D eigenvalue weighted by molar-refractivity contribution is 4.68. The fourth-order valence-electron chi connectivity index (χ4n) is 3.93. The van der Waals surface area contributed by atoms with E-state index in [1.54, 1.807) is 0 Å². The molecule has 1 aliphatic rings. The Morgan fingerprint density at radius 3 is 1.45 bits per heavy atom. The van der Waals surface area contributed by atoms with Crippen molar-refractivity contribution in [2.45, 2.75) is 97.4 Å². The van der Waals surface area contributed by atoms with Gasteiger partial charge in [-0.25, -0.2) is 0 Å². The van der Waals surface area contributed by atoms with Gasteiger partial charge in [0.15, 0.2) is 0 Å². The van der Waals surface area contributed by atoms with Gasteiger partial charge in [-0.05, 0) is 44.9 Å². The molecule has 0 heterocycles. The minimum atomic E-state index is 0. The average Bonchev–Trinajstić information content (AvgIpc) is 2.48. The monoisotopic (exact) mass is 285 g/mol. The van der Waals surface area contributed by atoms with E-state index in [4.69, 9.17) is 0 Å². The third-order valence-corrected chi connectivity index (χ3v) is 5.22. The minimum absolute atomic E-state index is 0. The third-order valence-electron chi connectivity index (χ3n) is 5.22. The second-order valence-electron chi connectivity index (χ2n) is 6.74. The number of unbranched alkanes of at least 4 members (excludes halogenated alkanes) is 3. The summed E-state index contributed by atoms with van der Waals surface area (Å²) in [5, 5.41) is 0. The molecule has 0 spiro atoms. The van der Waals surface area contributed by atoms with Gasteiger partial charge >= 0.3 is 0 Å². The summed E-state index contributed by atoms with van der Waals surface area (Å²) in [5.41, 5.74) is 0. The molecule has 2 heteroatoms. The van der Waals surface area contributed by atoms with Crippen molar-refractivity contribution in [1.29, 1.82) is 0 Å². The predicted octanol–water partition coefficient (Wildman–Crippen LogP) is 5.36. The van der Waals surface area contributed by atoms with Gasteiger partial charge in [-0.2, -0.15) is 0 Å². The molecule has 1 aliphatic carbocycles. The highest BCUT2D eigenvalue weighted by Crippen LogP contribution is 2.30. The van der Waals surface area contributed by atoms with E-state index in [9.17, 15) is 0 Å². The van der Waals surface area contributed by atoms with E-state index in [1.165, 1.54) is 94.7 Å². The highest BCUT2D eigenvalue weighted by atomic mass is 16.0. The molecule has 20 heavy (non-hydrogen) atoms. The number of hydrogen-bond acceptors (Lipinski definition) is 1. The molecule has 0 bridgehead atoms. The molecule has 0 aromatic heterocycles. The molecule has 1 fully saturated rings. The Morgan fingerprint density at radius 1 is 0.700 bits per heavy atom. The molecular formula is C18H39NO. The van der Waals surface area contributed by atoms with E-state index < -0.39 is 0 Å². The van der Waals surface area contributed by atoms with Crippen LogP contribution in [-0.2, 0) is 0 Å².